The summed E-state index contributed by atoms with van der Waals surface area (Å²) in [7, 11) is 0. The highest BCUT2D eigenvalue weighted by Crippen LogP contribution is 2.40. The second-order valence-corrected chi connectivity index (χ2v) is 7.87. The molecule has 2 aromatic carbocycles. The summed E-state index contributed by atoms with van der Waals surface area (Å²) < 4.78 is 14.1. The van der Waals surface area contributed by atoms with Crippen LogP contribution < -0.4 is 10.6 Å². The highest BCUT2D eigenvalue weighted by molar-refractivity contribution is 6.30. The minimum Gasteiger partial charge on any atom is -0.370 e. The van der Waals surface area contributed by atoms with Gasteiger partial charge in [0.05, 0.1) is 5.69 Å². The van der Waals surface area contributed by atoms with Crippen LogP contribution in [-0.2, 0) is 0 Å². The van der Waals surface area contributed by atoms with E-state index < -0.39 is 0 Å². The molecule has 0 atom stereocenters. The molecule has 0 bridgehead atoms. The Morgan fingerprint density at radius 3 is 2.43 bits per heavy atom. The van der Waals surface area contributed by atoms with Crippen LogP contribution in [0, 0.1) is 12.7 Å². The average molecular weight is 396 g/mol. The second kappa shape index (κ2) is 7.90. The summed E-state index contributed by atoms with van der Waals surface area (Å²) in [6.45, 7) is 3.63. The van der Waals surface area contributed by atoms with E-state index in [1.54, 1.807) is 6.07 Å². The lowest BCUT2D eigenvalue weighted by molar-refractivity contribution is 0.501. The first kappa shape index (κ1) is 18.9. The van der Waals surface area contributed by atoms with Crippen LogP contribution in [0.15, 0.2) is 54.9 Å². The van der Waals surface area contributed by atoms with E-state index in [2.05, 4.69) is 9.88 Å². The summed E-state index contributed by atoms with van der Waals surface area (Å²) in [6.07, 6.45) is 5.55. The number of hydrogen-bond acceptors (Lipinski definition) is 3. The molecule has 2 heterocycles. The number of benzene rings is 2. The Balaban J connectivity index is 1.92. The van der Waals surface area contributed by atoms with Crippen LogP contribution in [0.25, 0.3) is 22.3 Å². The molecule has 4 rings (SSSR count). The first-order chi connectivity index (χ1) is 13.5. The maximum absolute atomic E-state index is 14.1. The van der Waals surface area contributed by atoms with Gasteiger partial charge in [0.2, 0.25) is 0 Å². The molecule has 0 aliphatic carbocycles. The van der Waals surface area contributed by atoms with Crippen LogP contribution >= 0.6 is 11.6 Å². The Morgan fingerprint density at radius 1 is 1.04 bits per heavy atom. The summed E-state index contributed by atoms with van der Waals surface area (Å²) in [4.78, 5) is 6.82. The van der Waals surface area contributed by atoms with E-state index >= 15 is 0 Å². The number of aromatic nitrogens is 1. The highest BCUT2D eigenvalue weighted by Gasteiger charge is 2.23. The van der Waals surface area contributed by atoms with Crippen molar-refractivity contribution in [3.63, 3.8) is 0 Å². The van der Waals surface area contributed by atoms with Crippen molar-refractivity contribution in [3.8, 4) is 22.3 Å². The van der Waals surface area contributed by atoms with Gasteiger partial charge < -0.3 is 10.6 Å². The number of nitrogens with two attached hydrogens (primary N) is 1. The first-order valence-electron chi connectivity index (χ1n) is 9.53. The van der Waals surface area contributed by atoms with Crippen molar-refractivity contribution in [2.24, 2.45) is 5.73 Å². The van der Waals surface area contributed by atoms with Crippen LogP contribution in [-0.4, -0.2) is 24.1 Å². The smallest absolute Gasteiger partial charge is 0.124 e. The van der Waals surface area contributed by atoms with E-state index in [1.807, 2.05) is 49.6 Å². The molecule has 1 aromatic heterocycles. The van der Waals surface area contributed by atoms with Gasteiger partial charge >= 0.3 is 0 Å². The maximum atomic E-state index is 14.1. The third kappa shape index (κ3) is 3.89. The van der Waals surface area contributed by atoms with E-state index in [-0.39, 0.29) is 11.9 Å². The molecule has 2 N–H and O–H groups in total. The lowest BCUT2D eigenvalue weighted by atomic mass is 9.95. The number of anilines is 1. The fraction of sp³-hybridized carbons (Fsp3) is 0.261. The van der Waals surface area contributed by atoms with Gasteiger partial charge in [-0.05, 0) is 60.7 Å². The van der Waals surface area contributed by atoms with Gasteiger partial charge in [-0.2, -0.15) is 0 Å². The van der Waals surface area contributed by atoms with Gasteiger partial charge in [-0.25, -0.2) is 4.39 Å². The Labute approximate surface area is 170 Å². The number of nitrogens with zero attached hydrogens (tertiary/aromatic N) is 2. The van der Waals surface area contributed by atoms with Gasteiger partial charge in [-0.1, -0.05) is 29.8 Å². The number of piperidine rings is 1. The molecule has 0 saturated carbocycles. The van der Waals surface area contributed by atoms with E-state index in [0.717, 1.165) is 59.4 Å². The van der Waals surface area contributed by atoms with Gasteiger partial charge in [-0.3, -0.25) is 4.98 Å². The van der Waals surface area contributed by atoms with Gasteiger partial charge in [0.1, 0.15) is 5.82 Å². The van der Waals surface area contributed by atoms with E-state index in [4.69, 9.17) is 17.3 Å². The molecule has 1 fully saturated rings. The third-order valence-electron chi connectivity index (χ3n) is 5.26. The molecule has 0 spiro atoms. The molecular weight excluding hydrogens is 373 g/mol. The predicted octanol–water partition coefficient (Wildman–Crippen LogP) is 5.44. The minimum absolute atomic E-state index is 0.229. The van der Waals surface area contributed by atoms with Crippen molar-refractivity contribution >= 4 is 17.3 Å². The van der Waals surface area contributed by atoms with Crippen molar-refractivity contribution in [1.29, 1.82) is 0 Å². The third-order valence-corrected chi connectivity index (χ3v) is 5.50. The zero-order chi connectivity index (χ0) is 19.7. The molecule has 0 radical (unpaired) electrons. The zero-order valence-electron chi connectivity index (χ0n) is 15.8. The normalized spacial score (nSPS) is 15.1. The Bertz CT molecular complexity index is 977. The predicted molar refractivity (Wildman–Crippen MR) is 114 cm³/mol. The molecule has 28 heavy (non-hydrogen) atoms. The van der Waals surface area contributed by atoms with Gasteiger partial charge in [0.25, 0.3) is 0 Å². The lowest BCUT2D eigenvalue weighted by Crippen LogP contribution is -2.40. The van der Waals surface area contributed by atoms with Gasteiger partial charge in [0.15, 0.2) is 0 Å². The topological polar surface area (TPSA) is 42.2 Å². The second-order valence-electron chi connectivity index (χ2n) is 7.44. The fourth-order valence-corrected chi connectivity index (χ4v) is 4.08. The van der Waals surface area contributed by atoms with Crippen LogP contribution in [0.3, 0.4) is 0 Å². The van der Waals surface area contributed by atoms with Crippen molar-refractivity contribution in [2.45, 2.75) is 25.8 Å². The Morgan fingerprint density at radius 2 is 1.75 bits per heavy atom. The summed E-state index contributed by atoms with van der Waals surface area (Å²) >= 11 is 6.25. The van der Waals surface area contributed by atoms with Gasteiger partial charge in [-0.15, -0.1) is 0 Å². The molecule has 3 aromatic rings. The van der Waals surface area contributed by atoms with Crippen LogP contribution in [0.5, 0.6) is 0 Å². The minimum atomic E-state index is -0.241. The number of aryl methyl sites for hydroxylation is 1. The molecule has 0 amide bonds. The fourth-order valence-electron chi connectivity index (χ4n) is 3.89. The number of rotatable bonds is 3. The number of hydrogen-bond donors (Lipinski definition) is 1. The average Bonchev–Trinajstić information content (AvgIpc) is 2.67. The quantitative estimate of drug-likeness (QED) is 0.641. The summed E-state index contributed by atoms with van der Waals surface area (Å²) in [5, 5.41) is 0.677. The van der Waals surface area contributed by atoms with Crippen molar-refractivity contribution in [2.75, 3.05) is 18.0 Å². The molecule has 1 saturated heterocycles. The Kier molecular flexibility index (Phi) is 5.33. The summed E-state index contributed by atoms with van der Waals surface area (Å²) in [5.74, 6) is -0.241. The summed E-state index contributed by atoms with van der Waals surface area (Å²) in [5.41, 5.74) is 11.8. The van der Waals surface area contributed by atoms with Crippen LogP contribution in [0.1, 0.15) is 18.4 Å². The van der Waals surface area contributed by atoms with Crippen molar-refractivity contribution in [1.82, 2.24) is 4.98 Å². The molecule has 1 aliphatic rings. The largest absolute Gasteiger partial charge is 0.370 e. The molecule has 3 nitrogen and oxygen atoms in total. The highest BCUT2D eigenvalue weighted by atomic mass is 35.5. The molecule has 0 unspecified atom stereocenters. The number of pyridine rings is 1. The molecular formula is C23H23ClFN3. The summed E-state index contributed by atoms with van der Waals surface area (Å²) in [6, 6.07) is 13.1. The van der Waals surface area contributed by atoms with Crippen LogP contribution in [0.2, 0.25) is 5.02 Å². The lowest BCUT2D eigenvalue weighted by Gasteiger charge is -2.35. The standard InChI is InChI=1S/C23H23ClFN3/c1-15-9-17(12-19(25)10-15)22-14-27-13-21(16-3-2-4-18(24)11-16)23(22)28-7-5-20(26)6-8-28/h2-4,9-14,20H,5-8,26H2,1H3. The van der Waals surface area contributed by atoms with Gasteiger partial charge in [0, 0.05) is 47.7 Å². The van der Waals surface area contributed by atoms with Crippen molar-refractivity contribution < 1.29 is 4.39 Å². The SMILES string of the molecule is Cc1cc(F)cc(-c2cncc(-c3cccc(Cl)c3)c2N2CCC(N)CC2)c1. The van der Waals surface area contributed by atoms with Crippen molar-refractivity contribution in [3.05, 3.63) is 71.3 Å². The van der Waals surface area contributed by atoms with Crippen LogP contribution in [0.4, 0.5) is 10.1 Å². The molecule has 144 valence electrons. The zero-order valence-corrected chi connectivity index (χ0v) is 16.6. The number of halogens is 2. The maximum Gasteiger partial charge on any atom is 0.124 e. The first-order valence-corrected chi connectivity index (χ1v) is 9.91. The molecule has 1 aliphatic heterocycles. The molecule has 5 heteroatoms. The Hall–Kier alpha value is -2.43. The van der Waals surface area contributed by atoms with E-state index in [9.17, 15) is 4.39 Å². The van der Waals surface area contributed by atoms with E-state index in [0.29, 0.717) is 5.02 Å². The van der Waals surface area contributed by atoms with E-state index in [1.165, 1.54) is 6.07 Å². The monoisotopic (exact) mass is 395 g/mol.